The van der Waals surface area contributed by atoms with Crippen molar-refractivity contribution in [1.29, 1.82) is 0 Å². The van der Waals surface area contributed by atoms with Gasteiger partial charge in [-0.1, -0.05) is 51.8 Å². The van der Waals surface area contributed by atoms with Crippen LogP contribution in [0, 0.1) is 0 Å². The number of anilines is 1. The molecule has 0 heterocycles. The van der Waals surface area contributed by atoms with Crippen molar-refractivity contribution in [2.24, 2.45) is 5.10 Å². The summed E-state index contributed by atoms with van der Waals surface area (Å²) in [5.41, 5.74) is 2.56. The first-order valence-electron chi connectivity index (χ1n) is 10.1. The molecule has 35 heavy (non-hydrogen) atoms. The molecule has 0 saturated carbocycles. The summed E-state index contributed by atoms with van der Waals surface area (Å²) in [6.07, 6.45) is -3.84. The predicted octanol–water partition coefficient (Wildman–Crippen LogP) is 6.18. The van der Waals surface area contributed by atoms with Crippen LogP contribution in [0.3, 0.4) is 0 Å². The fraction of sp³-hybridized carbons (Fsp3) is 0.125. The number of carbonyl (C=O) groups excluding carboxylic acids is 2. The summed E-state index contributed by atoms with van der Waals surface area (Å²) >= 11 is 9.51. The molecule has 0 fully saturated rings. The first-order chi connectivity index (χ1) is 16.6. The highest BCUT2D eigenvalue weighted by molar-refractivity contribution is 9.10. The number of carbonyl (C=O) groups is 2. The number of ether oxygens (including phenoxy) is 1. The third-order valence-corrected chi connectivity index (χ3v) is 5.36. The van der Waals surface area contributed by atoms with Gasteiger partial charge in [-0.25, -0.2) is 5.43 Å². The van der Waals surface area contributed by atoms with Crippen molar-refractivity contribution in [2.45, 2.75) is 19.2 Å². The molecule has 0 saturated heterocycles. The van der Waals surface area contributed by atoms with Gasteiger partial charge in [0.25, 0.3) is 0 Å². The Morgan fingerprint density at radius 2 is 1.80 bits per heavy atom. The minimum Gasteiger partial charge on any atom is -0.488 e. The molecule has 182 valence electrons. The molecule has 6 nitrogen and oxygen atoms in total. The van der Waals surface area contributed by atoms with E-state index in [2.05, 4.69) is 31.8 Å². The van der Waals surface area contributed by atoms with Gasteiger partial charge in [-0.3, -0.25) is 9.59 Å². The average Bonchev–Trinajstić information content (AvgIpc) is 2.79. The van der Waals surface area contributed by atoms with Crippen LogP contribution in [0.4, 0.5) is 18.9 Å². The van der Waals surface area contributed by atoms with Gasteiger partial charge >= 0.3 is 6.18 Å². The van der Waals surface area contributed by atoms with Gasteiger partial charge in [-0.15, -0.1) is 0 Å². The minimum atomic E-state index is -4.55. The smallest absolute Gasteiger partial charge is 0.416 e. The number of nitrogens with one attached hydrogen (secondary N) is 2. The van der Waals surface area contributed by atoms with E-state index in [-0.39, 0.29) is 12.3 Å². The first kappa shape index (κ1) is 26.2. The molecule has 11 heteroatoms. The van der Waals surface area contributed by atoms with Gasteiger partial charge in [0.05, 0.1) is 11.8 Å². The summed E-state index contributed by atoms with van der Waals surface area (Å²) in [5.74, 6) is -1.06. The fourth-order valence-electron chi connectivity index (χ4n) is 2.86. The molecule has 3 aromatic rings. The number of benzene rings is 3. The third-order valence-electron chi connectivity index (χ3n) is 4.50. The van der Waals surface area contributed by atoms with Crippen molar-refractivity contribution in [3.63, 3.8) is 0 Å². The highest BCUT2D eigenvalue weighted by atomic mass is 79.9. The molecule has 3 rings (SSSR count). The molecule has 0 aromatic heterocycles. The summed E-state index contributed by atoms with van der Waals surface area (Å²) in [6.45, 7) is 0.213. The van der Waals surface area contributed by atoms with E-state index < -0.39 is 30.0 Å². The number of amides is 2. The lowest BCUT2D eigenvalue weighted by Gasteiger charge is -2.11. The van der Waals surface area contributed by atoms with E-state index in [1.165, 1.54) is 12.3 Å². The molecular weight excluding hydrogens is 551 g/mol. The van der Waals surface area contributed by atoms with Crippen LogP contribution in [0.25, 0.3) is 0 Å². The van der Waals surface area contributed by atoms with Gasteiger partial charge in [0, 0.05) is 26.3 Å². The van der Waals surface area contributed by atoms with Gasteiger partial charge in [-0.2, -0.15) is 18.3 Å². The van der Waals surface area contributed by atoms with Crippen molar-refractivity contribution < 1.29 is 27.5 Å². The van der Waals surface area contributed by atoms with Gasteiger partial charge in [0.1, 0.15) is 18.8 Å². The van der Waals surface area contributed by atoms with Crippen LogP contribution in [0.2, 0.25) is 5.02 Å². The average molecular weight is 569 g/mol. The van der Waals surface area contributed by atoms with Crippen LogP contribution in [0.5, 0.6) is 5.75 Å². The second-order valence-corrected chi connectivity index (χ2v) is 8.48. The van der Waals surface area contributed by atoms with Crippen LogP contribution in [-0.4, -0.2) is 18.0 Å². The van der Waals surface area contributed by atoms with Crippen molar-refractivity contribution >= 4 is 51.2 Å². The highest BCUT2D eigenvalue weighted by Gasteiger charge is 2.30. The third kappa shape index (κ3) is 8.11. The maximum atomic E-state index is 12.8. The van der Waals surface area contributed by atoms with E-state index >= 15 is 0 Å². The van der Waals surface area contributed by atoms with E-state index in [0.29, 0.717) is 16.3 Å². The Balaban J connectivity index is 1.57. The summed E-state index contributed by atoms with van der Waals surface area (Å²) in [6, 6.07) is 16.6. The number of alkyl halides is 3. The van der Waals surface area contributed by atoms with Crippen LogP contribution in [0.1, 0.15) is 23.1 Å². The Morgan fingerprint density at radius 3 is 2.54 bits per heavy atom. The number of hydrazone groups is 1. The lowest BCUT2D eigenvalue weighted by Crippen LogP contribution is -2.24. The van der Waals surface area contributed by atoms with Crippen LogP contribution in [0.15, 0.2) is 76.3 Å². The lowest BCUT2D eigenvalue weighted by molar-refractivity contribution is -0.137. The Morgan fingerprint density at radius 1 is 1.03 bits per heavy atom. The zero-order valence-electron chi connectivity index (χ0n) is 17.9. The Hall–Kier alpha value is -3.37. The number of rotatable bonds is 8. The molecule has 0 radical (unpaired) electrons. The molecule has 2 amide bonds. The first-order valence-corrected chi connectivity index (χ1v) is 11.2. The number of nitrogens with zero attached hydrogens (tertiary/aromatic N) is 1. The number of hydrogen-bond donors (Lipinski definition) is 2. The Bertz CT molecular complexity index is 1250. The van der Waals surface area contributed by atoms with E-state index in [4.69, 9.17) is 16.3 Å². The molecule has 3 aromatic carbocycles. The van der Waals surface area contributed by atoms with Crippen molar-refractivity contribution in [3.8, 4) is 5.75 Å². The van der Waals surface area contributed by atoms with Gasteiger partial charge in [-0.05, 0) is 42.5 Å². The van der Waals surface area contributed by atoms with E-state index in [9.17, 15) is 22.8 Å². The molecule has 0 bridgehead atoms. The maximum Gasteiger partial charge on any atom is 0.416 e. The standard InChI is InChI=1S/C24H18BrClF3N3O3/c25-18-8-9-21(35-14-15-4-1-2-7-20(15)26)16(10-18)13-30-32-23(34)12-22(33)31-19-6-3-5-17(11-19)24(27,28)29/h1-11,13H,12,14H2,(H,31,33)(H,32,34). The number of hydrogen-bond acceptors (Lipinski definition) is 4. The Labute approximate surface area is 212 Å². The summed E-state index contributed by atoms with van der Waals surface area (Å²) < 4.78 is 44.9. The molecule has 0 aliphatic heterocycles. The number of halogens is 5. The highest BCUT2D eigenvalue weighted by Crippen LogP contribution is 2.30. The molecule has 0 unspecified atom stereocenters. The monoisotopic (exact) mass is 567 g/mol. The summed E-state index contributed by atoms with van der Waals surface area (Å²) in [4.78, 5) is 24.1. The lowest BCUT2D eigenvalue weighted by atomic mass is 10.2. The second kappa shape index (κ2) is 11.9. The van der Waals surface area contributed by atoms with Crippen molar-refractivity contribution in [2.75, 3.05) is 5.32 Å². The minimum absolute atomic E-state index is 0.0735. The van der Waals surface area contributed by atoms with Crippen LogP contribution >= 0.6 is 27.5 Å². The van der Waals surface area contributed by atoms with Crippen molar-refractivity contribution in [3.05, 3.63) is 92.9 Å². The van der Waals surface area contributed by atoms with Gasteiger partial charge < -0.3 is 10.1 Å². The molecular formula is C24H18BrClF3N3O3. The van der Waals surface area contributed by atoms with E-state index in [1.807, 2.05) is 18.2 Å². The molecule has 0 spiro atoms. The normalized spacial score (nSPS) is 11.3. The quantitative estimate of drug-likeness (QED) is 0.194. The largest absolute Gasteiger partial charge is 0.488 e. The molecule has 0 aliphatic rings. The van der Waals surface area contributed by atoms with Crippen molar-refractivity contribution in [1.82, 2.24) is 5.43 Å². The van der Waals surface area contributed by atoms with Gasteiger partial charge in [0.2, 0.25) is 11.8 Å². The summed E-state index contributed by atoms with van der Waals surface area (Å²) in [7, 11) is 0. The van der Waals surface area contributed by atoms with Crippen LogP contribution < -0.4 is 15.5 Å². The molecule has 2 N–H and O–H groups in total. The second-order valence-electron chi connectivity index (χ2n) is 7.16. The zero-order chi connectivity index (χ0) is 25.4. The molecule has 0 atom stereocenters. The fourth-order valence-corrected chi connectivity index (χ4v) is 3.43. The van der Waals surface area contributed by atoms with Gasteiger partial charge in [0.15, 0.2) is 0 Å². The predicted molar refractivity (Wildman–Crippen MR) is 130 cm³/mol. The maximum absolute atomic E-state index is 12.8. The van der Waals surface area contributed by atoms with E-state index in [1.54, 1.807) is 24.3 Å². The summed E-state index contributed by atoms with van der Waals surface area (Å²) in [5, 5.41) is 6.67. The van der Waals surface area contributed by atoms with Crippen LogP contribution in [-0.2, 0) is 22.4 Å². The topological polar surface area (TPSA) is 79.8 Å². The zero-order valence-corrected chi connectivity index (χ0v) is 20.2. The SMILES string of the molecule is O=C(CC(=O)Nc1cccc(C(F)(F)F)c1)NN=Cc1cc(Br)ccc1OCc1ccccc1Cl. The van der Waals surface area contributed by atoms with E-state index in [0.717, 1.165) is 28.2 Å². The molecule has 0 aliphatic carbocycles. The Kier molecular flexibility index (Phi) is 8.89.